The average molecular weight is 458 g/mol. The number of nitrogens with one attached hydrogen (secondary N) is 2. The van der Waals surface area contributed by atoms with Gasteiger partial charge in [0.2, 0.25) is 0 Å². The fourth-order valence-corrected chi connectivity index (χ4v) is 3.99. The molecule has 0 saturated carbocycles. The molecule has 1 saturated heterocycles. The molecule has 10 heteroatoms. The first kappa shape index (κ1) is 22.7. The topological polar surface area (TPSA) is 106 Å². The zero-order valence-corrected chi connectivity index (χ0v) is 17.9. The minimum absolute atomic E-state index is 0.0101. The quantitative estimate of drug-likeness (QED) is 0.545. The Morgan fingerprint density at radius 3 is 2.82 bits per heavy atom. The van der Waals surface area contributed by atoms with E-state index in [-0.39, 0.29) is 29.5 Å². The van der Waals surface area contributed by atoms with Crippen molar-refractivity contribution in [3.63, 3.8) is 0 Å². The number of rotatable bonds is 7. The number of amides is 1. The second-order valence-corrected chi connectivity index (χ2v) is 7.79. The van der Waals surface area contributed by atoms with Crippen molar-refractivity contribution in [2.75, 3.05) is 20.3 Å². The number of hydrazine groups is 1. The van der Waals surface area contributed by atoms with Crippen LogP contribution >= 0.6 is 0 Å². The number of hydrogen-bond acceptors (Lipinski definition) is 7. The van der Waals surface area contributed by atoms with E-state index in [0.29, 0.717) is 36.5 Å². The number of methoxy groups -OCH3 is 1. The Kier molecular flexibility index (Phi) is 6.57. The van der Waals surface area contributed by atoms with Crippen LogP contribution in [0.4, 0.5) is 8.78 Å². The molecule has 4 rings (SSSR count). The van der Waals surface area contributed by atoms with Crippen molar-refractivity contribution in [3.8, 4) is 5.75 Å². The summed E-state index contributed by atoms with van der Waals surface area (Å²) in [7, 11) is 1.37. The number of aldehydes is 1. The van der Waals surface area contributed by atoms with Gasteiger partial charge in [0.1, 0.15) is 23.2 Å². The van der Waals surface area contributed by atoms with E-state index in [9.17, 15) is 18.4 Å². The van der Waals surface area contributed by atoms with Gasteiger partial charge in [0.15, 0.2) is 6.29 Å². The number of halogens is 2. The minimum Gasteiger partial charge on any atom is -0.496 e. The van der Waals surface area contributed by atoms with E-state index in [0.717, 1.165) is 12.5 Å². The molecule has 2 aromatic rings. The smallest absolute Gasteiger partial charge is 0.255 e. The molecular weight excluding hydrogens is 434 g/mol. The third-order valence-corrected chi connectivity index (χ3v) is 5.79. The van der Waals surface area contributed by atoms with E-state index >= 15 is 0 Å². The fraction of sp³-hybridized carbons (Fsp3) is 0.304. The van der Waals surface area contributed by atoms with Gasteiger partial charge >= 0.3 is 0 Å². The van der Waals surface area contributed by atoms with Crippen LogP contribution in [0.5, 0.6) is 5.75 Å². The van der Waals surface area contributed by atoms with Crippen LogP contribution in [0.25, 0.3) is 0 Å². The van der Waals surface area contributed by atoms with E-state index in [1.165, 1.54) is 31.4 Å². The summed E-state index contributed by atoms with van der Waals surface area (Å²) in [6, 6.07) is 7.46. The number of benzene rings is 2. The molecule has 8 nitrogen and oxygen atoms in total. The monoisotopic (exact) mass is 458 g/mol. The molecule has 33 heavy (non-hydrogen) atoms. The number of hydrogen-bond donors (Lipinski definition) is 3. The van der Waals surface area contributed by atoms with E-state index in [1.807, 2.05) is 0 Å². The highest BCUT2D eigenvalue weighted by Crippen LogP contribution is 2.32. The van der Waals surface area contributed by atoms with Gasteiger partial charge in [-0.3, -0.25) is 14.6 Å². The Bertz CT molecular complexity index is 1100. The van der Waals surface area contributed by atoms with Gasteiger partial charge in [-0.1, -0.05) is 12.1 Å². The van der Waals surface area contributed by atoms with Crippen LogP contribution in [0.1, 0.15) is 33.9 Å². The molecular formula is C23H24F2N4O4. The number of carbonyl (C=O) groups is 2. The Labute approximate surface area is 189 Å². The molecule has 2 aromatic carbocycles. The molecule has 0 aliphatic carbocycles. The van der Waals surface area contributed by atoms with Gasteiger partial charge in [0, 0.05) is 18.7 Å². The standard InChI is InChI=1S/C23H24F2N4O4/c1-32-20-5-4-15(24)9-17(20)23(31)27-10-14-3-2-13(8-19(14)25)21-18(11-30)22(26)29(28-21)16-6-7-33-12-16/h2-5,8-9,11,16,21,28H,6-7,10,12,26H2,1H3,(H,27,31). The zero-order chi connectivity index (χ0) is 23.5. The summed E-state index contributed by atoms with van der Waals surface area (Å²) < 4.78 is 38.9. The summed E-state index contributed by atoms with van der Waals surface area (Å²) in [6.45, 7) is 0.968. The van der Waals surface area contributed by atoms with Crippen LogP contribution in [-0.4, -0.2) is 43.6 Å². The van der Waals surface area contributed by atoms with E-state index in [1.54, 1.807) is 11.1 Å². The lowest BCUT2D eigenvalue weighted by Gasteiger charge is -2.27. The van der Waals surface area contributed by atoms with Gasteiger partial charge in [0.05, 0.1) is 36.9 Å². The van der Waals surface area contributed by atoms with Crippen molar-refractivity contribution in [1.82, 2.24) is 15.8 Å². The first-order valence-electron chi connectivity index (χ1n) is 10.4. The number of nitrogens with zero attached hydrogens (tertiary/aromatic N) is 1. The molecule has 1 amide bonds. The summed E-state index contributed by atoms with van der Waals surface area (Å²) in [6.07, 6.45) is 1.43. The highest BCUT2D eigenvalue weighted by atomic mass is 19.1. The number of ether oxygens (including phenoxy) is 2. The highest BCUT2D eigenvalue weighted by Gasteiger charge is 2.36. The fourth-order valence-electron chi connectivity index (χ4n) is 3.99. The van der Waals surface area contributed by atoms with E-state index in [4.69, 9.17) is 15.2 Å². The van der Waals surface area contributed by atoms with Crippen molar-refractivity contribution < 1.29 is 27.8 Å². The third-order valence-electron chi connectivity index (χ3n) is 5.79. The maximum Gasteiger partial charge on any atom is 0.255 e. The predicted molar refractivity (Wildman–Crippen MR) is 115 cm³/mol. The van der Waals surface area contributed by atoms with Crippen LogP contribution < -0.4 is 21.2 Å². The van der Waals surface area contributed by atoms with Gasteiger partial charge in [-0.25, -0.2) is 14.2 Å². The van der Waals surface area contributed by atoms with Crippen molar-refractivity contribution >= 4 is 12.2 Å². The summed E-state index contributed by atoms with van der Waals surface area (Å²) in [5.41, 5.74) is 10.4. The predicted octanol–water partition coefficient (Wildman–Crippen LogP) is 1.92. The lowest BCUT2D eigenvalue weighted by atomic mass is 9.99. The van der Waals surface area contributed by atoms with Gasteiger partial charge in [-0.05, 0) is 36.2 Å². The van der Waals surface area contributed by atoms with Gasteiger partial charge < -0.3 is 20.5 Å². The molecule has 0 aromatic heterocycles. The molecule has 2 aliphatic heterocycles. The summed E-state index contributed by atoms with van der Waals surface area (Å²) in [4.78, 5) is 24.1. The van der Waals surface area contributed by atoms with Crippen LogP contribution in [-0.2, 0) is 16.1 Å². The lowest BCUT2D eigenvalue weighted by Crippen LogP contribution is -2.44. The molecule has 2 atom stereocenters. The molecule has 0 radical (unpaired) electrons. The number of nitrogens with two attached hydrogens (primary N) is 1. The maximum absolute atomic E-state index is 14.9. The molecule has 2 heterocycles. The van der Waals surface area contributed by atoms with Crippen molar-refractivity contribution in [2.45, 2.75) is 25.0 Å². The number of carbonyl (C=O) groups excluding carboxylic acids is 2. The van der Waals surface area contributed by atoms with Crippen LogP contribution in [0.3, 0.4) is 0 Å². The van der Waals surface area contributed by atoms with Gasteiger partial charge in [0.25, 0.3) is 5.91 Å². The Morgan fingerprint density at radius 1 is 1.33 bits per heavy atom. The second kappa shape index (κ2) is 9.55. The Hall–Kier alpha value is -3.50. The second-order valence-electron chi connectivity index (χ2n) is 7.79. The third kappa shape index (κ3) is 4.53. The van der Waals surface area contributed by atoms with Crippen molar-refractivity contribution in [1.29, 1.82) is 0 Å². The van der Waals surface area contributed by atoms with Crippen LogP contribution in [0.2, 0.25) is 0 Å². The summed E-state index contributed by atoms with van der Waals surface area (Å²) in [5, 5.41) is 4.28. The Balaban J connectivity index is 1.48. The first-order valence-corrected chi connectivity index (χ1v) is 10.4. The SMILES string of the molecule is COc1ccc(F)cc1C(=O)NCc1ccc(C2NN(C3CCOC3)C(N)=C2C=O)cc1F. The highest BCUT2D eigenvalue weighted by molar-refractivity contribution is 5.96. The Morgan fingerprint density at radius 2 is 2.15 bits per heavy atom. The summed E-state index contributed by atoms with van der Waals surface area (Å²) in [5.74, 6) is -1.24. The molecule has 4 N–H and O–H groups in total. The van der Waals surface area contributed by atoms with Crippen LogP contribution in [0, 0.1) is 11.6 Å². The molecule has 2 aliphatic rings. The molecule has 1 fully saturated rings. The molecule has 0 bridgehead atoms. The lowest BCUT2D eigenvalue weighted by molar-refractivity contribution is -0.105. The molecule has 2 unspecified atom stereocenters. The van der Waals surface area contributed by atoms with Crippen molar-refractivity contribution in [3.05, 3.63) is 76.1 Å². The van der Waals surface area contributed by atoms with Crippen molar-refractivity contribution in [2.24, 2.45) is 5.73 Å². The largest absolute Gasteiger partial charge is 0.496 e. The zero-order valence-electron chi connectivity index (χ0n) is 17.9. The normalized spacial score (nSPS) is 20.3. The summed E-state index contributed by atoms with van der Waals surface area (Å²) >= 11 is 0. The van der Waals surface area contributed by atoms with Crippen LogP contribution in [0.15, 0.2) is 47.8 Å². The first-order chi connectivity index (χ1) is 15.9. The van der Waals surface area contributed by atoms with E-state index in [2.05, 4.69) is 10.7 Å². The maximum atomic E-state index is 14.9. The molecule has 174 valence electrons. The van der Waals surface area contributed by atoms with E-state index < -0.39 is 23.6 Å². The molecule has 0 spiro atoms. The van der Waals surface area contributed by atoms with Gasteiger partial charge in [-0.2, -0.15) is 0 Å². The average Bonchev–Trinajstić information content (AvgIpc) is 3.45. The minimum atomic E-state index is -0.599. The van der Waals surface area contributed by atoms with Gasteiger partial charge in [-0.15, -0.1) is 0 Å².